The van der Waals surface area contributed by atoms with Gasteiger partial charge in [-0.1, -0.05) is 25.1 Å². The van der Waals surface area contributed by atoms with Crippen molar-refractivity contribution in [3.8, 4) is 0 Å². The monoisotopic (exact) mass is 287 g/mol. The molecular formula is C17H21NO3. The van der Waals surface area contributed by atoms with Gasteiger partial charge in [-0.25, -0.2) is 4.79 Å². The van der Waals surface area contributed by atoms with Gasteiger partial charge in [0, 0.05) is 11.6 Å². The Bertz CT molecular complexity index is 556. The van der Waals surface area contributed by atoms with Gasteiger partial charge < -0.3 is 9.64 Å². The lowest BCUT2D eigenvalue weighted by Crippen LogP contribution is -2.59. The van der Waals surface area contributed by atoms with Crippen molar-refractivity contribution < 1.29 is 14.3 Å². The van der Waals surface area contributed by atoms with E-state index in [1.54, 1.807) is 0 Å². The molecule has 4 nitrogen and oxygen atoms in total. The van der Waals surface area contributed by atoms with E-state index in [-0.39, 0.29) is 17.9 Å². The van der Waals surface area contributed by atoms with E-state index in [9.17, 15) is 9.59 Å². The minimum Gasteiger partial charge on any atom is -0.467 e. The smallest absolute Gasteiger partial charge is 0.331 e. The predicted molar refractivity (Wildman–Crippen MR) is 78.8 cm³/mol. The molecule has 3 unspecified atom stereocenters. The Labute approximate surface area is 125 Å². The fraction of sp³-hybridized carbons (Fsp3) is 0.529. The molecule has 4 heteroatoms. The molecule has 0 saturated carbocycles. The molecule has 0 spiro atoms. The van der Waals surface area contributed by atoms with Crippen molar-refractivity contribution in [2.75, 3.05) is 7.11 Å². The van der Waals surface area contributed by atoms with Crippen molar-refractivity contribution in [2.24, 2.45) is 5.92 Å². The van der Waals surface area contributed by atoms with Crippen LogP contribution in [0.1, 0.15) is 43.0 Å². The van der Waals surface area contributed by atoms with Crippen molar-refractivity contribution in [2.45, 2.75) is 44.2 Å². The second-order valence-electron chi connectivity index (χ2n) is 6.30. The lowest BCUT2D eigenvalue weighted by Gasteiger charge is -2.45. The van der Waals surface area contributed by atoms with Crippen molar-refractivity contribution in [1.29, 1.82) is 0 Å². The van der Waals surface area contributed by atoms with Gasteiger partial charge in [-0.15, -0.1) is 0 Å². The zero-order chi connectivity index (χ0) is 15.0. The predicted octanol–water partition coefficient (Wildman–Crippen LogP) is 2.63. The Kier molecular flexibility index (Phi) is 3.47. The van der Waals surface area contributed by atoms with Gasteiger partial charge in [-0.2, -0.15) is 0 Å². The molecule has 2 aliphatic rings. The van der Waals surface area contributed by atoms with Crippen LogP contribution in [0.25, 0.3) is 0 Å². The molecule has 0 aromatic heterocycles. The van der Waals surface area contributed by atoms with Gasteiger partial charge in [-0.3, -0.25) is 4.79 Å². The first-order valence-electron chi connectivity index (χ1n) is 7.55. The largest absolute Gasteiger partial charge is 0.467 e. The summed E-state index contributed by atoms with van der Waals surface area (Å²) in [5.74, 6) is 0.132. The van der Waals surface area contributed by atoms with Crippen LogP contribution in [0.15, 0.2) is 30.3 Å². The molecule has 0 N–H and O–H groups in total. The highest BCUT2D eigenvalue weighted by Gasteiger charge is 2.58. The highest BCUT2D eigenvalue weighted by Crippen LogP contribution is 2.47. The summed E-state index contributed by atoms with van der Waals surface area (Å²) >= 11 is 0. The number of hydrogen-bond acceptors (Lipinski definition) is 3. The summed E-state index contributed by atoms with van der Waals surface area (Å²) in [6, 6.07) is 9.37. The Morgan fingerprint density at radius 2 is 2.00 bits per heavy atom. The average Bonchev–Trinajstić information content (AvgIpc) is 2.76. The fourth-order valence-electron chi connectivity index (χ4n) is 4.11. The molecule has 2 bridgehead atoms. The van der Waals surface area contributed by atoms with Gasteiger partial charge in [0.05, 0.1) is 7.11 Å². The van der Waals surface area contributed by atoms with Crippen LogP contribution in [0.5, 0.6) is 0 Å². The van der Waals surface area contributed by atoms with Crippen molar-refractivity contribution in [3.05, 3.63) is 35.9 Å². The fourth-order valence-corrected chi connectivity index (χ4v) is 4.11. The second-order valence-corrected chi connectivity index (χ2v) is 6.30. The van der Waals surface area contributed by atoms with Crippen LogP contribution in [-0.2, 0) is 9.53 Å². The van der Waals surface area contributed by atoms with Gasteiger partial charge in [0.1, 0.15) is 5.54 Å². The molecule has 3 rings (SSSR count). The van der Waals surface area contributed by atoms with Crippen molar-refractivity contribution in [1.82, 2.24) is 4.90 Å². The highest BCUT2D eigenvalue weighted by molar-refractivity contribution is 5.99. The number of carbonyl (C=O) groups is 2. The number of carbonyl (C=O) groups excluding carboxylic acids is 2. The third kappa shape index (κ3) is 2.13. The molecule has 3 atom stereocenters. The summed E-state index contributed by atoms with van der Waals surface area (Å²) in [4.78, 5) is 27.1. The zero-order valence-corrected chi connectivity index (χ0v) is 12.5. The van der Waals surface area contributed by atoms with Gasteiger partial charge >= 0.3 is 5.97 Å². The first-order chi connectivity index (χ1) is 10.1. The minimum absolute atomic E-state index is 0.0459. The SMILES string of the molecule is COC(=O)C12CCC(CC(C)C1)N2C(=O)c1ccccc1. The van der Waals surface area contributed by atoms with E-state index in [0.717, 1.165) is 12.8 Å². The number of benzene rings is 1. The van der Waals surface area contributed by atoms with Crippen LogP contribution < -0.4 is 0 Å². The molecule has 1 aromatic carbocycles. The number of rotatable bonds is 2. The standard InChI is InChI=1S/C17H21NO3/c1-12-10-14-8-9-17(11-12,16(20)21-2)18(14)15(19)13-6-4-3-5-7-13/h3-7,12,14H,8-11H2,1-2H3. The highest BCUT2D eigenvalue weighted by atomic mass is 16.5. The Hall–Kier alpha value is -1.84. The number of amides is 1. The molecule has 1 amide bonds. The van der Waals surface area contributed by atoms with Crippen LogP contribution in [0.3, 0.4) is 0 Å². The number of piperidine rings is 1. The molecule has 0 radical (unpaired) electrons. The van der Waals surface area contributed by atoms with E-state index >= 15 is 0 Å². The van der Waals surface area contributed by atoms with Crippen molar-refractivity contribution in [3.63, 3.8) is 0 Å². The summed E-state index contributed by atoms with van der Waals surface area (Å²) < 4.78 is 5.04. The summed E-state index contributed by atoms with van der Waals surface area (Å²) in [5, 5.41) is 0. The minimum atomic E-state index is -0.760. The first kappa shape index (κ1) is 14.1. The number of methoxy groups -OCH3 is 1. The third-order valence-corrected chi connectivity index (χ3v) is 4.88. The first-order valence-corrected chi connectivity index (χ1v) is 7.55. The maximum atomic E-state index is 12.9. The van der Waals surface area contributed by atoms with Crippen LogP contribution in [0, 0.1) is 5.92 Å². The van der Waals surface area contributed by atoms with E-state index in [1.165, 1.54) is 7.11 Å². The Morgan fingerprint density at radius 1 is 1.29 bits per heavy atom. The summed E-state index contributed by atoms with van der Waals surface area (Å²) in [5.41, 5.74) is -0.114. The van der Waals surface area contributed by atoms with Crippen molar-refractivity contribution >= 4 is 11.9 Å². The number of esters is 1. The van der Waals surface area contributed by atoms with Gasteiger partial charge in [-0.05, 0) is 43.7 Å². The molecule has 21 heavy (non-hydrogen) atoms. The topological polar surface area (TPSA) is 46.6 Å². The molecule has 112 valence electrons. The Morgan fingerprint density at radius 3 is 2.67 bits per heavy atom. The number of ether oxygens (including phenoxy) is 1. The van der Waals surface area contributed by atoms with Gasteiger partial charge in [0.2, 0.25) is 0 Å². The van der Waals surface area contributed by atoms with Crippen LogP contribution in [0.4, 0.5) is 0 Å². The summed E-state index contributed by atoms with van der Waals surface area (Å²) in [7, 11) is 1.41. The normalized spacial score (nSPS) is 31.0. The van der Waals surface area contributed by atoms with Gasteiger partial charge in [0.25, 0.3) is 5.91 Å². The zero-order valence-electron chi connectivity index (χ0n) is 12.5. The molecule has 2 aliphatic heterocycles. The van der Waals surface area contributed by atoms with E-state index in [1.807, 2.05) is 35.2 Å². The molecule has 2 heterocycles. The quantitative estimate of drug-likeness (QED) is 0.786. The van der Waals surface area contributed by atoms with Crippen LogP contribution >= 0.6 is 0 Å². The number of hydrogen-bond donors (Lipinski definition) is 0. The number of nitrogens with zero attached hydrogens (tertiary/aromatic N) is 1. The summed E-state index contributed by atoms with van der Waals surface area (Å²) in [6.45, 7) is 2.15. The third-order valence-electron chi connectivity index (χ3n) is 4.88. The lowest BCUT2D eigenvalue weighted by atomic mass is 9.81. The molecule has 2 fully saturated rings. The molecular weight excluding hydrogens is 266 g/mol. The van der Waals surface area contributed by atoms with E-state index in [0.29, 0.717) is 24.3 Å². The van der Waals surface area contributed by atoms with E-state index in [2.05, 4.69) is 6.92 Å². The maximum Gasteiger partial charge on any atom is 0.331 e. The maximum absolute atomic E-state index is 12.9. The van der Waals surface area contributed by atoms with E-state index < -0.39 is 5.54 Å². The van der Waals surface area contributed by atoms with Crippen LogP contribution in [-0.4, -0.2) is 35.5 Å². The van der Waals surface area contributed by atoms with Gasteiger partial charge in [0.15, 0.2) is 0 Å². The lowest BCUT2D eigenvalue weighted by molar-refractivity contribution is -0.155. The molecule has 2 saturated heterocycles. The number of fused-ring (bicyclic) bond motifs is 2. The molecule has 1 aromatic rings. The second kappa shape index (κ2) is 5.17. The summed E-state index contributed by atoms with van der Waals surface area (Å²) in [6.07, 6.45) is 3.28. The molecule has 0 aliphatic carbocycles. The van der Waals surface area contributed by atoms with Crippen LogP contribution in [0.2, 0.25) is 0 Å². The average molecular weight is 287 g/mol. The van der Waals surface area contributed by atoms with E-state index in [4.69, 9.17) is 4.74 Å². The Balaban J connectivity index is 2.00.